The maximum Gasteiger partial charge on any atom is 0.0342 e. The van der Waals surface area contributed by atoms with Crippen LogP contribution in [0.4, 0.5) is 5.69 Å². The molecule has 98 valence electrons. The minimum absolute atomic E-state index is 0.755. The van der Waals surface area contributed by atoms with Crippen LogP contribution in [0.25, 0.3) is 0 Å². The lowest BCUT2D eigenvalue weighted by molar-refractivity contribution is 0.440. The number of anilines is 1. The molecule has 0 spiro atoms. The van der Waals surface area contributed by atoms with Crippen molar-refractivity contribution in [3.05, 3.63) is 29.8 Å². The highest BCUT2D eigenvalue weighted by molar-refractivity contribution is 5.46. The molecule has 1 aromatic carbocycles. The monoisotopic (exact) mass is 243 g/mol. The van der Waals surface area contributed by atoms with Gasteiger partial charge in [0, 0.05) is 11.7 Å². The van der Waals surface area contributed by atoms with Gasteiger partial charge in [0.25, 0.3) is 0 Å². The van der Waals surface area contributed by atoms with Gasteiger partial charge in [-0.25, -0.2) is 0 Å². The van der Waals surface area contributed by atoms with Gasteiger partial charge in [-0.3, -0.25) is 0 Å². The number of benzene rings is 1. The Morgan fingerprint density at radius 2 is 1.94 bits per heavy atom. The van der Waals surface area contributed by atoms with Crippen LogP contribution in [-0.2, 0) is 6.42 Å². The molecule has 2 aliphatic carbocycles. The Morgan fingerprint density at radius 3 is 2.56 bits per heavy atom. The molecule has 1 heteroatoms. The highest BCUT2D eigenvalue weighted by Crippen LogP contribution is 2.45. The predicted octanol–water partition coefficient (Wildman–Crippen LogP) is 4.63. The highest BCUT2D eigenvalue weighted by Gasteiger charge is 2.39. The van der Waals surface area contributed by atoms with Crippen molar-refractivity contribution in [3.8, 4) is 0 Å². The van der Waals surface area contributed by atoms with E-state index in [-0.39, 0.29) is 0 Å². The largest absolute Gasteiger partial charge is 0.382 e. The van der Waals surface area contributed by atoms with Gasteiger partial charge >= 0.3 is 0 Å². The Hall–Kier alpha value is -0.980. The third-order valence-electron chi connectivity index (χ3n) is 4.86. The second-order valence-electron chi connectivity index (χ2n) is 6.23. The molecule has 2 aliphatic rings. The number of rotatable bonds is 5. The van der Waals surface area contributed by atoms with Crippen molar-refractivity contribution in [2.24, 2.45) is 11.8 Å². The average molecular weight is 243 g/mol. The van der Waals surface area contributed by atoms with Gasteiger partial charge in [0.15, 0.2) is 0 Å². The van der Waals surface area contributed by atoms with Crippen LogP contribution in [0, 0.1) is 11.8 Å². The van der Waals surface area contributed by atoms with Gasteiger partial charge in [0.2, 0.25) is 0 Å². The Kier molecular flexibility index (Phi) is 3.58. The summed E-state index contributed by atoms with van der Waals surface area (Å²) in [7, 11) is 0. The summed E-state index contributed by atoms with van der Waals surface area (Å²) in [6, 6.07) is 9.90. The van der Waals surface area contributed by atoms with E-state index in [0.29, 0.717) is 0 Å². The quantitative estimate of drug-likeness (QED) is 0.795. The fraction of sp³-hybridized carbons (Fsp3) is 0.647. The first-order valence-corrected chi connectivity index (χ1v) is 7.70. The van der Waals surface area contributed by atoms with Crippen molar-refractivity contribution in [1.29, 1.82) is 0 Å². The van der Waals surface area contributed by atoms with Crippen LogP contribution in [0.2, 0.25) is 0 Å². The number of unbranched alkanes of at least 4 members (excludes halogenated alkanes) is 1. The van der Waals surface area contributed by atoms with Crippen molar-refractivity contribution in [1.82, 2.24) is 0 Å². The summed E-state index contributed by atoms with van der Waals surface area (Å²) in [6.07, 6.45) is 9.64. The number of hydrogen-bond donors (Lipinski definition) is 1. The van der Waals surface area contributed by atoms with Crippen LogP contribution in [-0.4, -0.2) is 6.04 Å². The number of nitrogens with one attached hydrogen (secondary N) is 1. The summed E-state index contributed by atoms with van der Waals surface area (Å²) < 4.78 is 0. The van der Waals surface area contributed by atoms with Crippen LogP contribution in [0.15, 0.2) is 24.3 Å². The highest BCUT2D eigenvalue weighted by atomic mass is 14.9. The minimum atomic E-state index is 0.755. The summed E-state index contributed by atoms with van der Waals surface area (Å²) >= 11 is 0. The second kappa shape index (κ2) is 5.34. The van der Waals surface area contributed by atoms with Gasteiger partial charge in [-0.1, -0.05) is 31.9 Å². The molecule has 1 nitrogen and oxygen atoms in total. The molecule has 2 bridgehead atoms. The number of fused-ring (bicyclic) bond motifs is 2. The van der Waals surface area contributed by atoms with E-state index < -0.39 is 0 Å². The molecule has 0 radical (unpaired) electrons. The molecule has 18 heavy (non-hydrogen) atoms. The third kappa shape index (κ3) is 2.55. The predicted molar refractivity (Wildman–Crippen MR) is 77.9 cm³/mol. The van der Waals surface area contributed by atoms with Gasteiger partial charge in [-0.05, 0) is 61.6 Å². The van der Waals surface area contributed by atoms with E-state index in [4.69, 9.17) is 0 Å². The number of aryl methyl sites for hydroxylation is 1. The first-order chi connectivity index (χ1) is 8.85. The van der Waals surface area contributed by atoms with Crippen molar-refractivity contribution in [2.45, 2.75) is 57.9 Å². The molecule has 3 rings (SSSR count). The molecule has 0 aliphatic heterocycles. The van der Waals surface area contributed by atoms with Crippen LogP contribution in [0.1, 0.15) is 51.0 Å². The zero-order valence-electron chi connectivity index (χ0n) is 11.5. The molecule has 1 N–H and O–H groups in total. The SMILES string of the molecule is CCCCc1ccc(NC2CC3CCC2C3)cc1. The number of hydrogen-bond acceptors (Lipinski definition) is 1. The Balaban J connectivity index is 1.56. The Morgan fingerprint density at radius 1 is 1.11 bits per heavy atom. The fourth-order valence-electron chi connectivity index (χ4n) is 3.78. The summed E-state index contributed by atoms with van der Waals surface area (Å²) in [5, 5.41) is 3.76. The smallest absolute Gasteiger partial charge is 0.0342 e. The molecule has 2 fully saturated rings. The lowest BCUT2D eigenvalue weighted by Crippen LogP contribution is -2.25. The topological polar surface area (TPSA) is 12.0 Å². The molecule has 2 saturated carbocycles. The molecule has 0 heterocycles. The maximum atomic E-state index is 3.76. The first-order valence-electron chi connectivity index (χ1n) is 7.70. The molecule has 3 unspecified atom stereocenters. The second-order valence-corrected chi connectivity index (χ2v) is 6.23. The van der Waals surface area contributed by atoms with Gasteiger partial charge in [0.05, 0.1) is 0 Å². The average Bonchev–Trinajstić information content (AvgIpc) is 3.00. The molecular weight excluding hydrogens is 218 g/mol. The maximum absolute atomic E-state index is 3.76. The van der Waals surface area contributed by atoms with Crippen LogP contribution < -0.4 is 5.32 Å². The van der Waals surface area contributed by atoms with Gasteiger partial charge in [-0.15, -0.1) is 0 Å². The van der Waals surface area contributed by atoms with E-state index in [1.165, 1.54) is 56.2 Å². The van der Waals surface area contributed by atoms with E-state index >= 15 is 0 Å². The van der Waals surface area contributed by atoms with E-state index in [9.17, 15) is 0 Å². The van der Waals surface area contributed by atoms with E-state index in [2.05, 4.69) is 36.5 Å². The summed E-state index contributed by atoms with van der Waals surface area (Å²) in [5.41, 5.74) is 2.81. The molecule has 1 aromatic rings. The Labute approximate surface area is 111 Å². The molecule has 0 saturated heterocycles. The van der Waals surface area contributed by atoms with E-state index in [0.717, 1.165) is 17.9 Å². The van der Waals surface area contributed by atoms with Gasteiger partial charge in [0.1, 0.15) is 0 Å². The van der Waals surface area contributed by atoms with Crippen LogP contribution in [0.5, 0.6) is 0 Å². The molecular formula is C17H25N. The molecule has 0 aromatic heterocycles. The third-order valence-corrected chi connectivity index (χ3v) is 4.86. The van der Waals surface area contributed by atoms with Crippen LogP contribution >= 0.6 is 0 Å². The normalized spacial score (nSPS) is 29.7. The summed E-state index contributed by atoms with van der Waals surface area (Å²) in [4.78, 5) is 0. The Bertz CT molecular complexity index is 381. The molecule has 0 amide bonds. The van der Waals surface area contributed by atoms with E-state index in [1.807, 2.05) is 0 Å². The lowest BCUT2D eigenvalue weighted by Gasteiger charge is -2.24. The summed E-state index contributed by atoms with van der Waals surface area (Å²) in [5.74, 6) is 1.98. The van der Waals surface area contributed by atoms with Gasteiger partial charge < -0.3 is 5.32 Å². The van der Waals surface area contributed by atoms with Crippen molar-refractivity contribution in [2.75, 3.05) is 5.32 Å². The molecule has 3 atom stereocenters. The van der Waals surface area contributed by atoms with Gasteiger partial charge in [-0.2, -0.15) is 0 Å². The van der Waals surface area contributed by atoms with Crippen molar-refractivity contribution >= 4 is 5.69 Å². The van der Waals surface area contributed by atoms with Crippen molar-refractivity contribution < 1.29 is 0 Å². The first kappa shape index (κ1) is 12.1. The van der Waals surface area contributed by atoms with Crippen LogP contribution in [0.3, 0.4) is 0 Å². The zero-order valence-corrected chi connectivity index (χ0v) is 11.5. The standard InChI is InChI=1S/C17H25N/c1-2-3-4-13-6-9-16(10-7-13)18-17-12-14-5-8-15(17)11-14/h6-7,9-10,14-15,17-18H,2-5,8,11-12H2,1H3. The van der Waals surface area contributed by atoms with Crippen molar-refractivity contribution in [3.63, 3.8) is 0 Å². The minimum Gasteiger partial charge on any atom is -0.382 e. The van der Waals surface area contributed by atoms with E-state index in [1.54, 1.807) is 0 Å². The fourth-order valence-corrected chi connectivity index (χ4v) is 3.78. The summed E-state index contributed by atoms with van der Waals surface area (Å²) in [6.45, 7) is 2.26. The lowest BCUT2D eigenvalue weighted by atomic mass is 9.95. The zero-order chi connectivity index (χ0) is 12.4.